The van der Waals surface area contributed by atoms with Gasteiger partial charge in [0.05, 0.1) is 36.7 Å². The Bertz CT molecular complexity index is 1500. The zero-order valence-corrected chi connectivity index (χ0v) is 27.7. The Morgan fingerprint density at radius 3 is 2.60 bits per heavy atom. The van der Waals surface area contributed by atoms with Crippen molar-refractivity contribution in [1.29, 1.82) is 0 Å². The molecule has 1 aromatic heterocycles. The molecule has 0 radical (unpaired) electrons. The Morgan fingerprint density at radius 1 is 1.16 bits per heavy atom. The molecule has 246 valence electrons. The fourth-order valence-corrected chi connectivity index (χ4v) is 6.48. The maximum absolute atomic E-state index is 14.3. The number of sulfonamides is 1. The number of hydrogen-bond donors (Lipinski definition) is 2. The average Bonchev–Trinajstić information content (AvgIpc) is 3.46. The van der Waals surface area contributed by atoms with E-state index in [1.165, 1.54) is 24.2 Å². The van der Waals surface area contributed by atoms with E-state index in [0.29, 0.717) is 25.4 Å². The molecule has 0 aliphatic carbocycles. The first-order chi connectivity index (χ1) is 21.5. The highest BCUT2D eigenvalue weighted by molar-refractivity contribution is 7.92. The van der Waals surface area contributed by atoms with Gasteiger partial charge in [0.25, 0.3) is 15.9 Å². The Balaban J connectivity index is 1.64. The van der Waals surface area contributed by atoms with Crippen molar-refractivity contribution in [3.63, 3.8) is 0 Å². The van der Waals surface area contributed by atoms with Crippen LogP contribution in [0.1, 0.15) is 56.0 Å². The van der Waals surface area contributed by atoms with Crippen molar-refractivity contribution in [2.45, 2.75) is 69.9 Å². The van der Waals surface area contributed by atoms with Crippen molar-refractivity contribution in [2.75, 3.05) is 38.1 Å². The number of aliphatic hydroxyl groups excluding tert-OH is 1. The number of anilines is 1. The number of imidazole rings is 1. The number of aryl methyl sites for hydroxylation is 1. The summed E-state index contributed by atoms with van der Waals surface area (Å²) in [7, 11) is -0.239. The van der Waals surface area contributed by atoms with Gasteiger partial charge in [-0.2, -0.15) is 8.42 Å². The second-order valence-corrected chi connectivity index (χ2v) is 13.8. The molecule has 2 heterocycles. The molecule has 4 atom stereocenters. The molecule has 0 saturated carbocycles. The lowest BCUT2D eigenvalue weighted by Gasteiger charge is -2.36. The molecule has 3 aromatic rings. The molecule has 0 saturated heterocycles. The van der Waals surface area contributed by atoms with Gasteiger partial charge in [-0.1, -0.05) is 37.3 Å². The first kappa shape index (κ1) is 34.4. The lowest BCUT2D eigenvalue weighted by Crippen LogP contribution is -2.47. The lowest BCUT2D eigenvalue weighted by atomic mass is 10.0. The number of nitrogens with one attached hydrogen (secondary N) is 1. The van der Waals surface area contributed by atoms with Crippen LogP contribution in [0.25, 0.3) is 0 Å². The standard InChI is InChI=1S/C33H47N5O6S/c1-24-18-38(25(2)22-39)33(40)29-17-28(35-45(41,42)32-21-37(5)23-34-32)14-15-30(29)44-26(3)11-9-10-16-43-31(24)20-36(4)19-27-12-7-6-8-13-27/h6-8,12-15,17,21,23-26,31,35,39H,9-11,16,18-20,22H2,1-5H3/t24-,25-,26-,31-/m0/s1. The number of ether oxygens (including phenoxy) is 2. The number of aliphatic hydroxyl groups is 1. The van der Waals surface area contributed by atoms with E-state index >= 15 is 0 Å². The summed E-state index contributed by atoms with van der Waals surface area (Å²) in [6.45, 7) is 7.93. The number of aromatic nitrogens is 2. The zero-order chi connectivity index (χ0) is 32.6. The number of carbonyl (C=O) groups excluding carboxylic acids is 1. The number of hydrogen-bond acceptors (Lipinski definition) is 8. The molecular weight excluding hydrogens is 594 g/mol. The van der Waals surface area contributed by atoms with Crippen LogP contribution in [0, 0.1) is 5.92 Å². The Hall–Kier alpha value is -3.45. The summed E-state index contributed by atoms with van der Waals surface area (Å²) >= 11 is 0. The minimum absolute atomic E-state index is 0.0711. The highest BCUT2D eigenvalue weighted by Gasteiger charge is 2.31. The van der Waals surface area contributed by atoms with Crippen LogP contribution in [-0.4, -0.2) is 90.4 Å². The van der Waals surface area contributed by atoms with E-state index in [9.17, 15) is 18.3 Å². The Kier molecular flexibility index (Phi) is 12.0. The predicted octanol–water partition coefficient (Wildman–Crippen LogP) is 4.15. The number of amides is 1. The van der Waals surface area contributed by atoms with Crippen molar-refractivity contribution >= 4 is 21.6 Å². The highest BCUT2D eigenvalue weighted by atomic mass is 32.2. The molecule has 12 heteroatoms. The van der Waals surface area contributed by atoms with E-state index in [2.05, 4.69) is 40.7 Å². The molecule has 45 heavy (non-hydrogen) atoms. The summed E-state index contributed by atoms with van der Waals surface area (Å²) < 4.78 is 42.9. The van der Waals surface area contributed by atoms with Gasteiger partial charge in [-0.25, -0.2) is 4.98 Å². The quantitative estimate of drug-likeness (QED) is 0.357. The van der Waals surface area contributed by atoms with E-state index in [1.54, 1.807) is 35.6 Å². The number of fused-ring (bicyclic) bond motifs is 1. The van der Waals surface area contributed by atoms with Crippen LogP contribution in [0.15, 0.2) is 66.1 Å². The number of carbonyl (C=O) groups is 1. The molecule has 1 aliphatic rings. The largest absolute Gasteiger partial charge is 0.490 e. The monoisotopic (exact) mass is 641 g/mol. The third-order valence-corrected chi connectivity index (χ3v) is 9.31. The van der Waals surface area contributed by atoms with Crippen molar-refractivity contribution in [3.8, 4) is 5.75 Å². The maximum atomic E-state index is 14.3. The van der Waals surface area contributed by atoms with Gasteiger partial charge in [0.15, 0.2) is 5.03 Å². The van der Waals surface area contributed by atoms with Gasteiger partial charge in [0, 0.05) is 51.1 Å². The molecule has 11 nitrogen and oxygen atoms in total. The van der Waals surface area contributed by atoms with Gasteiger partial charge in [-0.15, -0.1) is 0 Å². The number of nitrogens with zero attached hydrogens (tertiary/aromatic N) is 4. The molecule has 0 spiro atoms. The van der Waals surface area contributed by atoms with Crippen molar-refractivity contribution in [2.24, 2.45) is 13.0 Å². The number of benzene rings is 2. The van der Waals surface area contributed by atoms with Crippen LogP contribution in [0.5, 0.6) is 5.75 Å². The molecule has 2 aromatic carbocycles. The number of rotatable bonds is 9. The lowest BCUT2D eigenvalue weighted by molar-refractivity contribution is -0.0177. The van der Waals surface area contributed by atoms with Gasteiger partial charge < -0.3 is 24.0 Å². The highest BCUT2D eigenvalue weighted by Crippen LogP contribution is 2.29. The topological polar surface area (TPSA) is 126 Å². The normalized spacial score (nSPS) is 21.1. The second-order valence-electron chi connectivity index (χ2n) is 12.2. The van der Waals surface area contributed by atoms with Gasteiger partial charge in [0.2, 0.25) is 0 Å². The van der Waals surface area contributed by atoms with Crippen molar-refractivity contribution < 1.29 is 27.8 Å². The van der Waals surface area contributed by atoms with Crippen LogP contribution in [0.2, 0.25) is 0 Å². The fourth-order valence-electron chi connectivity index (χ4n) is 5.45. The molecule has 4 rings (SSSR count). The summed E-state index contributed by atoms with van der Waals surface area (Å²) in [5.41, 5.74) is 1.63. The zero-order valence-electron chi connectivity index (χ0n) is 26.9. The molecule has 1 amide bonds. The molecule has 0 fully saturated rings. The molecular formula is C33H47N5O6S. The van der Waals surface area contributed by atoms with E-state index in [1.807, 2.05) is 25.1 Å². The van der Waals surface area contributed by atoms with Crippen LogP contribution < -0.4 is 9.46 Å². The summed E-state index contributed by atoms with van der Waals surface area (Å²) in [5, 5.41) is 10.1. The predicted molar refractivity (Wildman–Crippen MR) is 174 cm³/mol. The van der Waals surface area contributed by atoms with Crippen LogP contribution in [0.3, 0.4) is 0 Å². The first-order valence-corrected chi connectivity index (χ1v) is 17.0. The minimum atomic E-state index is -3.99. The smallest absolute Gasteiger partial charge is 0.280 e. The van der Waals surface area contributed by atoms with Crippen LogP contribution in [0.4, 0.5) is 5.69 Å². The van der Waals surface area contributed by atoms with E-state index in [-0.39, 0.29) is 46.9 Å². The molecule has 2 N–H and O–H groups in total. The van der Waals surface area contributed by atoms with Crippen molar-refractivity contribution in [1.82, 2.24) is 19.4 Å². The van der Waals surface area contributed by atoms with E-state index in [0.717, 1.165) is 25.8 Å². The third-order valence-electron chi connectivity index (χ3n) is 8.05. The fraction of sp³-hybridized carbons (Fsp3) is 0.515. The Labute approximate surface area is 267 Å². The first-order valence-electron chi connectivity index (χ1n) is 15.5. The summed E-state index contributed by atoms with van der Waals surface area (Å²) in [6, 6.07) is 14.5. The van der Waals surface area contributed by atoms with Gasteiger partial charge >= 0.3 is 0 Å². The van der Waals surface area contributed by atoms with Crippen LogP contribution >= 0.6 is 0 Å². The number of likely N-dealkylation sites (N-methyl/N-ethyl adjacent to an activating group) is 1. The molecule has 0 bridgehead atoms. The van der Waals surface area contributed by atoms with Gasteiger partial charge in [-0.3, -0.25) is 14.4 Å². The third kappa shape index (κ3) is 9.52. The van der Waals surface area contributed by atoms with Gasteiger partial charge in [0.1, 0.15) is 5.75 Å². The summed E-state index contributed by atoms with van der Waals surface area (Å²) in [5.74, 6) is -0.0697. The second kappa shape index (κ2) is 15.7. The maximum Gasteiger partial charge on any atom is 0.280 e. The summed E-state index contributed by atoms with van der Waals surface area (Å²) in [6.07, 6.45) is 4.98. The summed E-state index contributed by atoms with van der Waals surface area (Å²) in [4.78, 5) is 22.1. The van der Waals surface area contributed by atoms with E-state index < -0.39 is 16.1 Å². The van der Waals surface area contributed by atoms with Gasteiger partial charge in [-0.05, 0) is 63.9 Å². The SMILES string of the molecule is C[C@H]1CCCCO[C@@H](CN(C)Cc2ccccc2)[C@@H](C)CN([C@@H](C)CO)C(=O)c2cc(NS(=O)(=O)c3cn(C)cn3)ccc2O1. The van der Waals surface area contributed by atoms with Crippen LogP contribution in [-0.2, 0) is 28.4 Å². The average molecular weight is 642 g/mol. The molecule has 1 aliphatic heterocycles. The minimum Gasteiger partial charge on any atom is -0.490 e. The molecule has 0 unspecified atom stereocenters. The Morgan fingerprint density at radius 2 is 1.91 bits per heavy atom. The van der Waals surface area contributed by atoms with E-state index in [4.69, 9.17) is 9.47 Å². The van der Waals surface area contributed by atoms with Crippen molar-refractivity contribution in [3.05, 3.63) is 72.2 Å².